The average molecular weight is 290 g/mol. The van der Waals surface area contributed by atoms with Crippen LogP contribution in [0, 0.1) is 5.92 Å². The van der Waals surface area contributed by atoms with Gasteiger partial charge in [-0.3, -0.25) is 9.59 Å². The fourth-order valence-corrected chi connectivity index (χ4v) is 2.73. The van der Waals surface area contributed by atoms with Gasteiger partial charge in [-0.05, 0) is 25.0 Å². The van der Waals surface area contributed by atoms with Crippen molar-refractivity contribution >= 4 is 11.8 Å². The summed E-state index contributed by atoms with van der Waals surface area (Å²) in [6.07, 6.45) is 0.612. The van der Waals surface area contributed by atoms with Crippen LogP contribution in [0.5, 0.6) is 11.5 Å². The van der Waals surface area contributed by atoms with Gasteiger partial charge in [-0.1, -0.05) is 12.1 Å². The normalized spacial score (nSPS) is 21.9. The molecule has 0 radical (unpaired) electrons. The Morgan fingerprint density at radius 2 is 1.81 bits per heavy atom. The molecule has 6 nitrogen and oxygen atoms in total. The SMILES string of the molecule is NC(=O)C1CCN(C(=O)[C@@H]2COc3ccccc3O2)CC1. The number of primary amides is 1. The Hall–Kier alpha value is -2.24. The number of nitrogens with zero attached hydrogens (tertiary/aromatic N) is 1. The molecule has 0 aliphatic carbocycles. The van der Waals surface area contributed by atoms with Crippen LogP contribution in [-0.2, 0) is 9.59 Å². The van der Waals surface area contributed by atoms with Gasteiger partial charge in [0.05, 0.1) is 0 Å². The minimum absolute atomic E-state index is 0.0903. The van der Waals surface area contributed by atoms with E-state index < -0.39 is 6.10 Å². The quantitative estimate of drug-likeness (QED) is 0.862. The molecule has 112 valence electrons. The van der Waals surface area contributed by atoms with Crippen LogP contribution in [0.15, 0.2) is 24.3 Å². The number of rotatable bonds is 2. The average Bonchev–Trinajstić information content (AvgIpc) is 2.54. The lowest BCUT2D eigenvalue weighted by atomic mass is 9.96. The highest BCUT2D eigenvalue weighted by Gasteiger charge is 2.33. The minimum atomic E-state index is -0.620. The molecule has 2 heterocycles. The maximum absolute atomic E-state index is 12.4. The lowest BCUT2D eigenvalue weighted by Gasteiger charge is -2.34. The van der Waals surface area contributed by atoms with Crippen LogP contribution < -0.4 is 15.2 Å². The first-order valence-corrected chi connectivity index (χ1v) is 7.12. The van der Waals surface area contributed by atoms with Crippen molar-refractivity contribution in [2.45, 2.75) is 18.9 Å². The van der Waals surface area contributed by atoms with Gasteiger partial charge in [-0.25, -0.2) is 0 Å². The van der Waals surface area contributed by atoms with Crippen molar-refractivity contribution in [1.29, 1.82) is 0 Å². The van der Waals surface area contributed by atoms with Gasteiger partial charge in [0.1, 0.15) is 6.61 Å². The number of para-hydroxylation sites is 2. The van der Waals surface area contributed by atoms with Crippen LogP contribution in [0.1, 0.15) is 12.8 Å². The van der Waals surface area contributed by atoms with Gasteiger partial charge >= 0.3 is 0 Å². The number of amides is 2. The summed E-state index contributed by atoms with van der Waals surface area (Å²) < 4.78 is 11.3. The van der Waals surface area contributed by atoms with Crippen LogP contribution in [-0.4, -0.2) is 42.5 Å². The third kappa shape index (κ3) is 2.79. The van der Waals surface area contributed by atoms with Gasteiger partial charge in [0, 0.05) is 19.0 Å². The van der Waals surface area contributed by atoms with Gasteiger partial charge in [0.2, 0.25) is 12.0 Å². The molecule has 0 saturated carbocycles. The first-order valence-electron chi connectivity index (χ1n) is 7.12. The molecule has 1 saturated heterocycles. The summed E-state index contributed by atoms with van der Waals surface area (Å²) in [5.74, 6) is 0.752. The van der Waals surface area contributed by atoms with E-state index in [-0.39, 0.29) is 24.3 Å². The Balaban J connectivity index is 1.61. The highest BCUT2D eigenvalue weighted by Crippen LogP contribution is 2.31. The van der Waals surface area contributed by atoms with Crippen molar-refractivity contribution < 1.29 is 19.1 Å². The largest absolute Gasteiger partial charge is 0.485 e. The minimum Gasteiger partial charge on any atom is -0.485 e. The number of nitrogens with two attached hydrogens (primary N) is 1. The zero-order valence-electron chi connectivity index (χ0n) is 11.7. The number of fused-ring (bicyclic) bond motifs is 1. The molecule has 1 atom stereocenters. The number of hydrogen-bond donors (Lipinski definition) is 1. The van der Waals surface area contributed by atoms with Crippen molar-refractivity contribution in [2.24, 2.45) is 11.7 Å². The highest BCUT2D eigenvalue weighted by atomic mass is 16.6. The predicted octanol–water partition coefficient (Wildman–Crippen LogP) is 0.550. The number of carbonyl (C=O) groups excluding carboxylic acids is 2. The number of likely N-dealkylation sites (tertiary alicyclic amines) is 1. The van der Waals surface area contributed by atoms with E-state index in [0.29, 0.717) is 37.4 Å². The molecular formula is C15H18N2O4. The van der Waals surface area contributed by atoms with Gasteiger partial charge < -0.3 is 20.1 Å². The Morgan fingerprint density at radius 3 is 2.48 bits per heavy atom. The van der Waals surface area contributed by atoms with Crippen molar-refractivity contribution in [2.75, 3.05) is 19.7 Å². The molecular weight excluding hydrogens is 272 g/mol. The number of piperidine rings is 1. The molecule has 2 aliphatic heterocycles. The van der Waals surface area contributed by atoms with E-state index in [4.69, 9.17) is 15.2 Å². The molecule has 1 aromatic rings. The Kier molecular flexibility index (Phi) is 3.68. The smallest absolute Gasteiger partial charge is 0.267 e. The molecule has 1 aromatic carbocycles. The Bertz CT molecular complexity index is 552. The van der Waals surface area contributed by atoms with E-state index in [1.54, 1.807) is 11.0 Å². The van der Waals surface area contributed by atoms with E-state index in [2.05, 4.69) is 0 Å². The zero-order valence-corrected chi connectivity index (χ0v) is 11.7. The standard InChI is InChI=1S/C15H18N2O4/c16-14(18)10-5-7-17(8-6-10)15(19)13-9-20-11-3-1-2-4-12(11)21-13/h1-4,10,13H,5-9H2,(H2,16,18)/t13-/m0/s1. The Labute approximate surface area is 122 Å². The number of carbonyl (C=O) groups is 2. The summed E-state index contributed by atoms with van der Waals surface area (Å²) in [4.78, 5) is 25.3. The second kappa shape index (κ2) is 5.63. The van der Waals surface area contributed by atoms with Crippen molar-refractivity contribution in [3.8, 4) is 11.5 Å². The first kappa shape index (κ1) is 13.7. The second-order valence-corrected chi connectivity index (χ2v) is 5.37. The summed E-state index contributed by atoms with van der Waals surface area (Å²) in [6.45, 7) is 1.29. The lowest BCUT2D eigenvalue weighted by Crippen LogP contribution is -2.50. The summed E-state index contributed by atoms with van der Waals surface area (Å²) >= 11 is 0. The monoisotopic (exact) mass is 290 g/mol. The highest BCUT2D eigenvalue weighted by molar-refractivity contribution is 5.82. The summed E-state index contributed by atoms with van der Waals surface area (Å²) in [6, 6.07) is 7.30. The molecule has 2 amide bonds. The fraction of sp³-hybridized carbons (Fsp3) is 0.467. The molecule has 2 N–H and O–H groups in total. The van der Waals surface area contributed by atoms with Crippen molar-refractivity contribution in [1.82, 2.24) is 4.90 Å². The van der Waals surface area contributed by atoms with E-state index >= 15 is 0 Å². The van der Waals surface area contributed by atoms with Crippen LogP contribution in [0.4, 0.5) is 0 Å². The summed E-state index contributed by atoms with van der Waals surface area (Å²) in [7, 11) is 0. The maximum Gasteiger partial charge on any atom is 0.267 e. The van der Waals surface area contributed by atoms with E-state index in [0.717, 1.165) is 0 Å². The van der Waals surface area contributed by atoms with Gasteiger partial charge in [0.25, 0.3) is 5.91 Å². The van der Waals surface area contributed by atoms with E-state index in [9.17, 15) is 9.59 Å². The van der Waals surface area contributed by atoms with Crippen molar-refractivity contribution in [3.63, 3.8) is 0 Å². The third-order valence-electron chi connectivity index (χ3n) is 3.99. The number of ether oxygens (including phenoxy) is 2. The zero-order chi connectivity index (χ0) is 14.8. The molecule has 1 fully saturated rings. The summed E-state index contributed by atoms with van der Waals surface area (Å²) in [5, 5.41) is 0. The lowest BCUT2D eigenvalue weighted by molar-refractivity contribution is -0.143. The van der Waals surface area contributed by atoms with Gasteiger partial charge in [-0.2, -0.15) is 0 Å². The van der Waals surface area contributed by atoms with Gasteiger partial charge in [-0.15, -0.1) is 0 Å². The molecule has 3 rings (SSSR count). The molecule has 6 heteroatoms. The van der Waals surface area contributed by atoms with Crippen molar-refractivity contribution in [3.05, 3.63) is 24.3 Å². The van der Waals surface area contributed by atoms with Crippen LogP contribution in [0.2, 0.25) is 0 Å². The summed E-state index contributed by atoms with van der Waals surface area (Å²) in [5.41, 5.74) is 5.30. The van der Waals surface area contributed by atoms with E-state index in [1.165, 1.54) is 0 Å². The predicted molar refractivity (Wildman–Crippen MR) is 74.9 cm³/mol. The van der Waals surface area contributed by atoms with Crippen LogP contribution in [0.25, 0.3) is 0 Å². The fourth-order valence-electron chi connectivity index (χ4n) is 2.73. The number of hydrogen-bond acceptors (Lipinski definition) is 4. The molecule has 2 aliphatic rings. The maximum atomic E-state index is 12.4. The second-order valence-electron chi connectivity index (χ2n) is 5.37. The topological polar surface area (TPSA) is 81.9 Å². The first-order chi connectivity index (χ1) is 10.1. The van der Waals surface area contributed by atoms with Crippen LogP contribution in [0.3, 0.4) is 0 Å². The number of benzene rings is 1. The Morgan fingerprint density at radius 1 is 1.14 bits per heavy atom. The van der Waals surface area contributed by atoms with Gasteiger partial charge in [0.15, 0.2) is 11.5 Å². The molecule has 21 heavy (non-hydrogen) atoms. The third-order valence-corrected chi connectivity index (χ3v) is 3.99. The molecule has 0 spiro atoms. The van der Waals surface area contributed by atoms with E-state index in [1.807, 2.05) is 18.2 Å². The van der Waals surface area contributed by atoms with Crippen LogP contribution >= 0.6 is 0 Å². The molecule has 0 aromatic heterocycles. The molecule has 0 bridgehead atoms. The molecule has 0 unspecified atom stereocenters.